The van der Waals surface area contributed by atoms with E-state index in [1.165, 1.54) is 0 Å². The van der Waals surface area contributed by atoms with E-state index in [9.17, 15) is 13.2 Å². The van der Waals surface area contributed by atoms with Crippen LogP contribution in [-0.4, -0.2) is 43.9 Å². The summed E-state index contributed by atoms with van der Waals surface area (Å²) in [6.07, 6.45) is 4.61. The normalized spacial score (nSPS) is 25.4. The van der Waals surface area contributed by atoms with Crippen LogP contribution in [0.1, 0.15) is 43.3 Å². The summed E-state index contributed by atoms with van der Waals surface area (Å²) in [7, 11) is 0. The van der Waals surface area contributed by atoms with Gasteiger partial charge in [-0.15, -0.1) is 5.10 Å². The Bertz CT molecular complexity index is 1240. The highest BCUT2D eigenvalue weighted by Crippen LogP contribution is 2.40. The van der Waals surface area contributed by atoms with Gasteiger partial charge in [-0.05, 0) is 56.6 Å². The molecule has 3 aliphatic rings. The molecule has 1 saturated heterocycles. The van der Waals surface area contributed by atoms with Crippen molar-refractivity contribution in [2.45, 2.75) is 51.3 Å². The maximum atomic E-state index is 14.2. The molecule has 3 aromatic rings. The van der Waals surface area contributed by atoms with E-state index in [4.69, 9.17) is 4.74 Å². The van der Waals surface area contributed by atoms with Crippen LogP contribution in [0.3, 0.4) is 0 Å². The maximum absolute atomic E-state index is 14.2. The van der Waals surface area contributed by atoms with Crippen molar-refractivity contribution in [2.75, 3.05) is 23.3 Å². The largest absolute Gasteiger partial charge is 0.479 e. The van der Waals surface area contributed by atoms with Crippen LogP contribution in [0.5, 0.6) is 5.75 Å². The molecule has 2 aromatic heterocycles. The van der Waals surface area contributed by atoms with Crippen LogP contribution in [0, 0.1) is 36.2 Å². The molecule has 1 N–H and O–H groups in total. The smallest absolute Gasteiger partial charge is 0.242 e. The fourth-order valence-electron chi connectivity index (χ4n) is 5.65. The summed E-state index contributed by atoms with van der Waals surface area (Å²) < 4.78 is 48.6. The zero-order valence-corrected chi connectivity index (χ0v) is 19.3. The second-order valence-electron chi connectivity index (χ2n) is 9.63. The number of piperidine rings is 1. The number of hydrogen-bond donors (Lipinski definition) is 1. The molecule has 6 rings (SSSR count). The van der Waals surface area contributed by atoms with E-state index in [-0.39, 0.29) is 11.8 Å². The highest BCUT2D eigenvalue weighted by Gasteiger charge is 2.43. The first-order chi connectivity index (χ1) is 17.0. The average Bonchev–Trinajstić information content (AvgIpc) is 3.36. The second-order valence-corrected chi connectivity index (χ2v) is 9.63. The molecule has 4 heterocycles. The van der Waals surface area contributed by atoms with Crippen LogP contribution in [-0.2, 0) is 6.54 Å². The van der Waals surface area contributed by atoms with Crippen molar-refractivity contribution in [1.82, 2.24) is 24.7 Å². The third-order valence-electron chi connectivity index (χ3n) is 7.34. The number of nitrogens with zero attached hydrogens (tertiary/aromatic N) is 6. The first-order valence-electron chi connectivity index (χ1n) is 12.0. The van der Waals surface area contributed by atoms with Crippen molar-refractivity contribution in [3.63, 3.8) is 0 Å². The predicted molar refractivity (Wildman–Crippen MR) is 122 cm³/mol. The number of ether oxygens (including phenoxy) is 1. The topological polar surface area (TPSA) is 81.0 Å². The zero-order valence-electron chi connectivity index (χ0n) is 19.3. The lowest BCUT2D eigenvalue weighted by Gasteiger charge is -2.38. The van der Waals surface area contributed by atoms with Gasteiger partial charge in [0.2, 0.25) is 11.8 Å². The Balaban J connectivity index is 1.17. The minimum absolute atomic E-state index is 0.252. The van der Waals surface area contributed by atoms with Gasteiger partial charge in [-0.1, -0.05) is 0 Å². The van der Waals surface area contributed by atoms with Crippen LogP contribution in [0.15, 0.2) is 24.5 Å². The monoisotopic (exact) mass is 485 g/mol. The van der Waals surface area contributed by atoms with Gasteiger partial charge in [-0.25, -0.2) is 23.4 Å². The lowest BCUT2D eigenvalue weighted by molar-refractivity contribution is 0.147. The number of benzene rings is 1. The summed E-state index contributed by atoms with van der Waals surface area (Å²) in [6, 6.07) is 4.24. The number of hydrogen-bond acceptors (Lipinski definition) is 7. The number of rotatable bonds is 5. The summed E-state index contributed by atoms with van der Waals surface area (Å²) in [5.74, 6) is -1.52. The van der Waals surface area contributed by atoms with Gasteiger partial charge in [0.15, 0.2) is 29.3 Å². The first kappa shape index (κ1) is 22.1. The van der Waals surface area contributed by atoms with Gasteiger partial charge in [0.25, 0.3) is 0 Å². The average molecular weight is 486 g/mol. The molecule has 2 aliphatic heterocycles. The molecule has 1 aliphatic carbocycles. The molecule has 0 spiro atoms. The standard InChI is InChI=1S/C24H26F3N7O/c1-13-9-19(29-12-28-13)33-10-14-4-5-15(11-33)22(14)30-24-31-23-18(3-2-8-34(23)32-24)35-17-7-6-16(25)20(26)21(17)27/h6-7,9,12,14-15,18,22H,2-5,8,10-11H2,1H3,(H,30,32)/t14-,15+,18-,22?/m0/s1. The Hall–Kier alpha value is -3.37. The third kappa shape index (κ3) is 4.06. The molecule has 35 heavy (non-hydrogen) atoms. The highest BCUT2D eigenvalue weighted by molar-refractivity contribution is 5.41. The van der Waals surface area contributed by atoms with E-state index >= 15 is 0 Å². The van der Waals surface area contributed by atoms with Crippen LogP contribution < -0.4 is 15.0 Å². The number of halogens is 3. The van der Waals surface area contributed by atoms with Crippen molar-refractivity contribution in [3.8, 4) is 5.75 Å². The van der Waals surface area contributed by atoms with Crippen molar-refractivity contribution in [3.05, 3.63) is 53.5 Å². The first-order valence-corrected chi connectivity index (χ1v) is 12.0. The lowest BCUT2D eigenvalue weighted by atomic mass is 9.92. The van der Waals surface area contributed by atoms with Crippen LogP contribution in [0.25, 0.3) is 0 Å². The fourth-order valence-corrected chi connectivity index (χ4v) is 5.65. The number of anilines is 2. The molecule has 11 heteroatoms. The molecule has 0 radical (unpaired) electrons. The Morgan fingerprint density at radius 3 is 2.60 bits per heavy atom. The van der Waals surface area contributed by atoms with Gasteiger partial charge in [-0.2, -0.15) is 9.37 Å². The highest BCUT2D eigenvalue weighted by atomic mass is 19.2. The van der Waals surface area contributed by atoms with E-state index < -0.39 is 23.6 Å². The summed E-state index contributed by atoms with van der Waals surface area (Å²) in [5, 5.41) is 8.18. The maximum Gasteiger partial charge on any atom is 0.242 e. The summed E-state index contributed by atoms with van der Waals surface area (Å²) in [4.78, 5) is 15.7. The molecule has 4 atom stereocenters. The molecule has 0 amide bonds. The van der Waals surface area contributed by atoms with E-state index in [2.05, 4.69) is 30.3 Å². The number of aryl methyl sites for hydroxylation is 2. The van der Waals surface area contributed by atoms with Gasteiger partial charge in [0, 0.05) is 37.4 Å². The van der Waals surface area contributed by atoms with Crippen LogP contribution >= 0.6 is 0 Å². The van der Waals surface area contributed by atoms with Crippen LogP contribution in [0.4, 0.5) is 24.9 Å². The van der Waals surface area contributed by atoms with E-state index in [0.717, 1.165) is 56.0 Å². The minimum atomic E-state index is -1.54. The molecule has 2 bridgehead atoms. The quantitative estimate of drug-likeness (QED) is 0.547. The Labute approximate surface area is 200 Å². The predicted octanol–water partition coefficient (Wildman–Crippen LogP) is 4.03. The Morgan fingerprint density at radius 1 is 1.03 bits per heavy atom. The van der Waals surface area contributed by atoms with Crippen molar-refractivity contribution in [1.29, 1.82) is 0 Å². The van der Waals surface area contributed by atoms with E-state index in [1.807, 2.05) is 13.0 Å². The lowest BCUT2D eigenvalue weighted by Crippen LogP contribution is -2.48. The molecular weight excluding hydrogens is 459 g/mol. The number of fused-ring (bicyclic) bond motifs is 3. The Kier molecular flexibility index (Phi) is 5.49. The minimum Gasteiger partial charge on any atom is -0.479 e. The number of nitrogens with one attached hydrogen (secondary N) is 1. The van der Waals surface area contributed by atoms with Gasteiger partial charge in [-0.3, -0.25) is 0 Å². The van der Waals surface area contributed by atoms with Gasteiger partial charge in [0.05, 0.1) is 0 Å². The molecule has 8 nitrogen and oxygen atoms in total. The third-order valence-corrected chi connectivity index (χ3v) is 7.34. The molecule has 1 unspecified atom stereocenters. The van der Waals surface area contributed by atoms with Crippen molar-refractivity contribution >= 4 is 11.8 Å². The van der Waals surface area contributed by atoms with E-state index in [0.29, 0.717) is 36.6 Å². The van der Waals surface area contributed by atoms with Gasteiger partial charge in [0.1, 0.15) is 12.1 Å². The molecule has 2 fully saturated rings. The summed E-state index contributed by atoms with van der Waals surface area (Å²) in [5.41, 5.74) is 0.954. The second kappa shape index (κ2) is 8.69. The fraction of sp³-hybridized carbons (Fsp3) is 0.500. The molecule has 1 aromatic carbocycles. The van der Waals surface area contributed by atoms with Crippen molar-refractivity contribution < 1.29 is 17.9 Å². The number of aromatic nitrogens is 5. The molecule has 184 valence electrons. The van der Waals surface area contributed by atoms with Crippen LogP contribution in [0.2, 0.25) is 0 Å². The van der Waals surface area contributed by atoms with Gasteiger partial charge >= 0.3 is 0 Å². The zero-order chi connectivity index (χ0) is 24.1. The van der Waals surface area contributed by atoms with Gasteiger partial charge < -0.3 is 15.0 Å². The molecule has 1 saturated carbocycles. The van der Waals surface area contributed by atoms with E-state index in [1.54, 1.807) is 11.0 Å². The van der Waals surface area contributed by atoms with Crippen molar-refractivity contribution in [2.24, 2.45) is 11.8 Å². The molecular formula is C24H26F3N7O. The summed E-state index contributed by atoms with van der Waals surface area (Å²) in [6.45, 7) is 4.44. The Morgan fingerprint density at radius 2 is 1.83 bits per heavy atom. The summed E-state index contributed by atoms with van der Waals surface area (Å²) >= 11 is 0. The SMILES string of the molecule is Cc1cc(N2C[C@H]3CC[C@@H](C2)C3Nc2nc3n(n2)CCC[C@@H]3Oc2ccc(F)c(F)c2F)ncn1.